The van der Waals surface area contributed by atoms with E-state index in [1.807, 2.05) is 12.1 Å². The molecule has 2 aromatic carbocycles. The molecule has 0 aliphatic carbocycles. The lowest BCUT2D eigenvalue weighted by Gasteiger charge is -2.11. The Kier molecular flexibility index (Phi) is 5.67. The zero-order chi connectivity index (χ0) is 16.7. The number of para-hydroxylation sites is 1. The molecule has 6 heteroatoms. The van der Waals surface area contributed by atoms with Crippen molar-refractivity contribution in [2.45, 2.75) is 6.42 Å². The Bertz CT molecular complexity index is 751. The van der Waals surface area contributed by atoms with Crippen LogP contribution in [0.1, 0.15) is 15.9 Å². The van der Waals surface area contributed by atoms with Gasteiger partial charge in [-0.25, -0.2) is 0 Å². The van der Waals surface area contributed by atoms with Crippen LogP contribution in [0.4, 0.5) is 5.69 Å². The Morgan fingerprint density at radius 3 is 2.57 bits per heavy atom. The summed E-state index contributed by atoms with van der Waals surface area (Å²) in [6, 6.07) is 16.2. The largest absolute Gasteiger partial charge is 0.496 e. The smallest absolute Gasteiger partial charge is 0.261 e. The lowest BCUT2D eigenvalue weighted by Crippen LogP contribution is -2.34. The van der Waals surface area contributed by atoms with E-state index >= 15 is 0 Å². The van der Waals surface area contributed by atoms with E-state index in [1.54, 1.807) is 36.4 Å². The first-order valence-electron chi connectivity index (χ1n) is 6.85. The fourth-order valence-corrected chi connectivity index (χ4v) is 2.17. The highest BCUT2D eigenvalue weighted by Crippen LogP contribution is 2.17. The van der Waals surface area contributed by atoms with E-state index in [-0.39, 0.29) is 11.0 Å². The summed E-state index contributed by atoms with van der Waals surface area (Å²) in [5.74, 6) is 0.134. The Morgan fingerprint density at radius 1 is 1.22 bits per heavy atom. The number of methoxy groups -OCH3 is 1. The average molecular weight is 325 g/mol. The van der Waals surface area contributed by atoms with Crippen LogP contribution in [-0.2, 0) is 6.42 Å². The molecule has 1 amide bonds. The van der Waals surface area contributed by atoms with Gasteiger partial charge in [0.2, 0.25) is 0 Å². The van der Waals surface area contributed by atoms with E-state index in [9.17, 15) is 4.79 Å². The van der Waals surface area contributed by atoms with Crippen LogP contribution in [-0.4, -0.2) is 18.1 Å². The molecule has 2 aromatic rings. The molecule has 0 atom stereocenters. The number of nitrogens with one attached hydrogen (secondary N) is 2. The van der Waals surface area contributed by atoms with Crippen LogP contribution >= 0.6 is 12.2 Å². The first-order valence-corrected chi connectivity index (χ1v) is 7.26. The highest BCUT2D eigenvalue weighted by molar-refractivity contribution is 7.80. The molecule has 0 fully saturated rings. The number of anilines is 1. The van der Waals surface area contributed by atoms with Gasteiger partial charge in [-0.15, -0.1) is 0 Å². The van der Waals surface area contributed by atoms with Crippen molar-refractivity contribution in [1.82, 2.24) is 5.32 Å². The van der Waals surface area contributed by atoms with Gasteiger partial charge in [0.25, 0.3) is 5.91 Å². The molecule has 0 aromatic heterocycles. The van der Waals surface area contributed by atoms with Crippen LogP contribution in [0.3, 0.4) is 0 Å². The summed E-state index contributed by atoms with van der Waals surface area (Å²) >= 11 is 5.14. The van der Waals surface area contributed by atoms with Gasteiger partial charge < -0.3 is 10.1 Å². The minimum atomic E-state index is -0.346. The molecule has 23 heavy (non-hydrogen) atoms. The SMILES string of the molecule is COc1ccccc1C(=O)NC(=S)Nc1ccc(CC#N)cc1. The summed E-state index contributed by atoms with van der Waals surface area (Å²) < 4.78 is 5.15. The second kappa shape index (κ2) is 7.92. The molecule has 2 N–H and O–H groups in total. The molecule has 0 aliphatic heterocycles. The van der Waals surface area contributed by atoms with Gasteiger partial charge in [-0.05, 0) is 42.0 Å². The third-order valence-electron chi connectivity index (χ3n) is 3.07. The van der Waals surface area contributed by atoms with E-state index in [2.05, 4.69) is 16.7 Å². The molecular weight excluding hydrogens is 310 g/mol. The summed E-state index contributed by atoms with van der Waals surface area (Å²) in [6.45, 7) is 0. The average Bonchev–Trinajstić information content (AvgIpc) is 2.56. The van der Waals surface area contributed by atoms with E-state index in [4.69, 9.17) is 22.2 Å². The minimum Gasteiger partial charge on any atom is -0.496 e. The second-order valence-corrected chi connectivity index (χ2v) is 5.05. The number of nitriles is 1. The molecule has 0 saturated carbocycles. The minimum absolute atomic E-state index is 0.189. The number of nitrogens with zero attached hydrogens (tertiary/aromatic N) is 1. The van der Waals surface area contributed by atoms with Crippen molar-refractivity contribution in [2.24, 2.45) is 0 Å². The van der Waals surface area contributed by atoms with Crippen molar-refractivity contribution >= 4 is 28.9 Å². The molecule has 0 heterocycles. The van der Waals surface area contributed by atoms with Crippen LogP contribution < -0.4 is 15.4 Å². The molecular formula is C17H15N3O2S. The number of carbonyl (C=O) groups is 1. The second-order valence-electron chi connectivity index (χ2n) is 4.64. The summed E-state index contributed by atoms with van der Waals surface area (Å²) in [5.41, 5.74) is 2.06. The number of rotatable bonds is 4. The number of hydrogen-bond donors (Lipinski definition) is 2. The molecule has 0 saturated heterocycles. The molecule has 0 unspecified atom stereocenters. The lowest BCUT2D eigenvalue weighted by atomic mass is 10.1. The van der Waals surface area contributed by atoms with Gasteiger partial charge in [0.15, 0.2) is 5.11 Å². The number of carbonyl (C=O) groups excluding carboxylic acids is 1. The molecule has 0 bridgehead atoms. The van der Waals surface area contributed by atoms with Crippen LogP contribution in [0.5, 0.6) is 5.75 Å². The fraction of sp³-hybridized carbons (Fsp3) is 0.118. The van der Waals surface area contributed by atoms with Crippen molar-refractivity contribution in [2.75, 3.05) is 12.4 Å². The van der Waals surface area contributed by atoms with Gasteiger partial charge in [-0.2, -0.15) is 5.26 Å². The molecule has 116 valence electrons. The molecule has 0 spiro atoms. The maximum absolute atomic E-state index is 12.2. The normalized spacial score (nSPS) is 9.57. The van der Waals surface area contributed by atoms with Gasteiger partial charge >= 0.3 is 0 Å². The number of hydrogen-bond acceptors (Lipinski definition) is 4. The monoisotopic (exact) mass is 325 g/mol. The van der Waals surface area contributed by atoms with Crippen molar-refractivity contribution < 1.29 is 9.53 Å². The number of benzene rings is 2. The summed E-state index contributed by atoms with van der Waals surface area (Å²) in [5, 5.41) is 14.4. The summed E-state index contributed by atoms with van der Waals surface area (Å²) in [6.07, 6.45) is 0.356. The van der Waals surface area contributed by atoms with E-state index in [1.165, 1.54) is 7.11 Å². The van der Waals surface area contributed by atoms with E-state index in [0.717, 1.165) is 11.3 Å². The van der Waals surface area contributed by atoms with Gasteiger partial charge in [-0.1, -0.05) is 24.3 Å². The highest BCUT2D eigenvalue weighted by atomic mass is 32.1. The zero-order valence-corrected chi connectivity index (χ0v) is 13.3. The van der Waals surface area contributed by atoms with Gasteiger partial charge in [0, 0.05) is 5.69 Å². The summed E-state index contributed by atoms with van der Waals surface area (Å²) in [7, 11) is 1.51. The van der Waals surface area contributed by atoms with Gasteiger partial charge in [0.05, 0.1) is 25.2 Å². The number of thiocarbonyl (C=S) groups is 1. The van der Waals surface area contributed by atoms with Crippen molar-refractivity contribution in [3.8, 4) is 11.8 Å². The standard InChI is InChI=1S/C17H15N3O2S/c1-22-15-5-3-2-4-14(15)16(21)20-17(23)19-13-8-6-12(7-9-13)10-11-18/h2-9H,10H2,1H3,(H2,19,20,21,23). The Morgan fingerprint density at radius 2 is 1.91 bits per heavy atom. The Balaban J connectivity index is 1.99. The molecule has 0 radical (unpaired) electrons. The third-order valence-corrected chi connectivity index (χ3v) is 3.28. The van der Waals surface area contributed by atoms with Crippen LogP contribution in [0.25, 0.3) is 0 Å². The Labute approximate surface area is 139 Å². The number of ether oxygens (including phenoxy) is 1. The van der Waals surface area contributed by atoms with Crippen LogP contribution in [0.2, 0.25) is 0 Å². The van der Waals surface area contributed by atoms with Crippen molar-refractivity contribution in [1.29, 1.82) is 5.26 Å². The fourth-order valence-electron chi connectivity index (χ4n) is 1.96. The van der Waals surface area contributed by atoms with Crippen LogP contribution in [0, 0.1) is 11.3 Å². The van der Waals surface area contributed by atoms with Crippen LogP contribution in [0.15, 0.2) is 48.5 Å². The van der Waals surface area contributed by atoms with Gasteiger partial charge in [-0.3, -0.25) is 10.1 Å². The lowest BCUT2D eigenvalue weighted by molar-refractivity contribution is 0.0975. The quantitative estimate of drug-likeness (QED) is 0.846. The first-order chi connectivity index (χ1) is 11.1. The number of amides is 1. The maximum atomic E-state index is 12.2. The summed E-state index contributed by atoms with van der Waals surface area (Å²) in [4.78, 5) is 12.2. The zero-order valence-electron chi connectivity index (χ0n) is 12.5. The molecule has 5 nitrogen and oxygen atoms in total. The van der Waals surface area contributed by atoms with E-state index in [0.29, 0.717) is 17.7 Å². The Hall–Kier alpha value is -2.91. The van der Waals surface area contributed by atoms with Gasteiger partial charge in [0.1, 0.15) is 5.75 Å². The highest BCUT2D eigenvalue weighted by Gasteiger charge is 2.12. The third kappa shape index (κ3) is 4.53. The molecule has 0 aliphatic rings. The predicted molar refractivity (Wildman–Crippen MR) is 92.4 cm³/mol. The predicted octanol–water partition coefficient (Wildman–Crippen LogP) is 2.89. The van der Waals surface area contributed by atoms with E-state index < -0.39 is 0 Å². The maximum Gasteiger partial charge on any atom is 0.261 e. The topological polar surface area (TPSA) is 74.2 Å². The van der Waals surface area contributed by atoms with Crippen molar-refractivity contribution in [3.63, 3.8) is 0 Å². The first kappa shape index (κ1) is 16.5. The van der Waals surface area contributed by atoms with Crippen molar-refractivity contribution in [3.05, 3.63) is 59.7 Å². The molecule has 2 rings (SSSR count).